The molecule has 152 valence electrons. The number of hydrogen-bond acceptors (Lipinski definition) is 5. The van der Waals surface area contributed by atoms with Crippen LogP contribution in [0.3, 0.4) is 0 Å². The van der Waals surface area contributed by atoms with Gasteiger partial charge in [-0.2, -0.15) is 0 Å². The summed E-state index contributed by atoms with van der Waals surface area (Å²) in [5.74, 6) is 0.452. The SMILES string of the molecule is O=C(CSc1nnc(-c2c[nH]c3ccccc23)o1)Nc1ccccc1-c1ccccc1. The van der Waals surface area contributed by atoms with Gasteiger partial charge in [-0.3, -0.25) is 4.79 Å². The first kappa shape index (κ1) is 19.1. The van der Waals surface area contributed by atoms with Crippen molar-refractivity contribution in [3.63, 3.8) is 0 Å². The lowest BCUT2D eigenvalue weighted by molar-refractivity contribution is -0.113. The third-order valence-corrected chi connectivity index (χ3v) is 5.66. The zero-order chi connectivity index (χ0) is 21.0. The quantitative estimate of drug-likeness (QED) is 0.345. The maximum absolute atomic E-state index is 12.6. The van der Waals surface area contributed by atoms with E-state index in [0.29, 0.717) is 11.1 Å². The number of carbonyl (C=O) groups excluding carboxylic acids is 1. The number of nitrogens with one attached hydrogen (secondary N) is 2. The lowest BCUT2D eigenvalue weighted by atomic mass is 10.0. The van der Waals surface area contributed by atoms with Crippen molar-refractivity contribution in [2.45, 2.75) is 5.22 Å². The summed E-state index contributed by atoms with van der Waals surface area (Å²) in [4.78, 5) is 15.7. The minimum absolute atomic E-state index is 0.139. The fraction of sp³-hybridized carbons (Fsp3) is 0.0417. The Balaban J connectivity index is 1.26. The highest BCUT2D eigenvalue weighted by Crippen LogP contribution is 2.30. The molecule has 0 radical (unpaired) electrons. The number of amides is 1. The topological polar surface area (TPSA) is 83.8 Å². The van der Waals surface area contributed by atoms with Crippen LogP contribution in [0.15, 0.2) is 94.7 Å². The van der Waals surface area contributed by atoms with Gasteiger partial charge in [0.05, 0.1) is 11.3 Å². The Bertz CT molecular complexity index is 1340. The lowest BCUT2D eigenvalue weighted by Crippen LogP contribution is -2.14. The molecular weight excluding hydrogens is 408 g/mol. The van der Waals surface area contributed by atoms with E-state index in [-0.39, 0.29) is 11.7 Å². The molecule has 5 aromatic rings. The second kappa shape index (κ2) is 8.49. The van der Waals surface area contributed by atoms with Crippen molar-refractivity contribution < 1.29 is 9.21 Å². The number of rotatable bonds is 6. The highest BCUT2D eigenvalue weighted by molar-refractivity contribution is 7.99. The van der Waals surface area contributed by atoms with Gasteiger partial charge in [-0.05, 0) is 17.7 Å². The molecule has 0 spiro atoms. The van der Waals surface area contributed by atoms with Crippen LogP contribution in [0.2, 0.25) is 0 Å². The second-order valence-electron chi connectivity index (χ2n) is 6.87. The molecule has 0 aliphatic rings. The summed E-state index contributed by atoms with van der Waals surface area (Å²) in [7, 11) is 0. The summed E-state index contributed by atoms with van der Waals surface area (Å²) in [6.45, 7) is 0. The first-order valence-electron chi connectivity index (χ1n) is 9.75. The predicted molar refractivity (Wildman–Crippen MR) is 123 cm³/mol. The maximum Gasteiger partial charge on any atom is 0.277 e. The Morgan fingerprint density at radius 1 is 0.903 bits per heavy atom. The lowest BCUT2D eigenvalue weighted by Gasteiger charge is -2.10. The normalized spacial score (nSPS) is 11.0. The van der Waals surface area contributed by atoms with E-state index in [2.05, 4.69) is 20.5 Å². The number of thioether (sulfide) groups is 1. The Morgan fingerprint density at radius 3 is 2.58 bits per heavy atom. The van der Waals surface area contributed by atoms with Gasteiger partial charge in [0.25, 0.3) is 11.1 Å². The molecule has 6 nitrogen and oxygen atoms in total. The van der Waals surface area contributed by atoms with E-state index in [1.807, 2.05) is 85.1 Å². The Kier molecular flexibility index (Phi) is 5.24. The maximum atomic E-state index is 12.6. The zero-order valence-corrected chi connectivity index (χ0v) is 17.2. The van der Waals surface area contributed by atoms with Gasteiger partial charge in [0.2, 0.25) is 5.91 Å². The standard InChI is InChI=1S/C24H18N4O2S/c29-22(26-21-13-7-4-10-17(21)16-8-2-1-3-9-16)15-31-24-28-27-23(30-24)19-14-25-20-12-6-5-11-18(19)20/h1-14,25H,15H2,(H,26,29). The van der Waals surface area contributed by atoms with Crippen LogP contribution in [0.4, 0.5) is 5.69 Å². The fourth-order valence-corrected chi connectivity index (χ4v) is 3.96. The van der Waals surface area contributed by atoms with Crippen molar-refractivity contribution in [1.29, 1.82) is 0 Å². The number of para-hydroxylation sites is 2. The van der Waals surface area contributed by atoms with Crippen LogP contribution >= 0.6 is 11.8 Å². The number of hydrogen-bond donors (Lipinski definition) is 2. The van der Waals surface area contributed by atoms with Crippen LogP contribution in [0.25, 0.3) is 33.5 Å². The minimum atomic E-state index is -0.139. The monoisotopic (exact) mass is 426 g/mol. The Morgan fingerprint density at radius 2 is 1.68 bits per heavy atom. The average Bonchev–Trinajstić information content (AvgIpc) is 3.45. The number of aromatic nitrogens is 3. The van der Waals surface area contributed by atoms with Crippen molar-refractivity contribution in [3.05, 3.63) is 85.1 Å². The molecular formula is C24H18N4O2S. The van der Waals surface area contributed by atoms with Gasteiger partial charge in [-0.25, -0.2) is 0 Å². The summed E-state index contributed by atoms with van der Waals surface area (Å²) in [6, 6.07) is 25.6. The number of nitrogens with zero attached hydrogens (tertiary/aromatic N) is 2. The summed E-state index contributed by atoms with van der Waals surface area (Å²) in [6.07, 6.45) is 1.85. The Hall–Kier alpha value is -3.84. The molecule has 0 unspecified atom stereocenters. The molecule has 5 rings (SSSR count). The third kappa shape index (κ3) is 4.08. The van der Waals surface area contributed by atoms with Crippen molar-refractivity contribution in [1.82, 2.24) is 15.2 Å². The van der Waals surface area contributed by atoms with Gasteiger partial charge in [0, 0.05) is 28.4 Å². The van der Waals surface area contributed by atoms with E-state index >= 15 is 0 Å². The molecule has 7 heteroatoms. The number of carbonyl (C=O) groups is 1. The summed E-state index contributed by atoms with van der Waals surface area (Å²) in [5.41, 5.74) is 4.63. The van der Waals surface area contributed by atoms with Gasteiger partial charge < -0.3 is 14.7 Å². The number of anilines is 1. The van der Waals surface area contributed by atoms with Crippen molar-refractivity contribution >= 4 is 34.3 Å². The van der Waals surface area contributed by atoms with E-state index < -0.39 is 0 Å². The highest BCUT2D eigenvalue weighted by Gasteiger charge is 2.15. The van der Waals surface area contributed by atoms with Crippen molar-refractivity contribution in [2.75, 3.05) is 11.1 Å². The Labute approximate surface area is 182 Å². The van der Waals surface area contributed by atoms with Gasteiger partial charge in [0.15, 0.2) is 0 Å². The van der Waals surface area contributed by atoms with E-state index in [1.165, 1.54) is 11.8 Å². The second-order valence-corrected chi connectivity index (χ2v) is 7.80. The van der Waals surface area contributed by atoms with Crippen molar-refractivity contribution in [2.24, 2.45) is 0 Å². The number of fused-ring (bicyclic) bond motifs is 1. The van der Waals surface area contributed by atoms with Gasteiger partial charge in [-0.15, -0.1) is 10.2 Å². The van der Waals surface area contributed by atoms with Gasteiger partial charge in [-0.1, -0.05) is 78.5 Å². The summed E-state index contributed by atoms with van der Waals surface area (Å²) < 4.78 is 5.77. The summed E-state index contributed by atoms with van der Waals surface area (Å²) >= 11 is 1.21. The van der Waals surface area contributed by atoms with E-state index in [1.54, 1.807) is 0 Å². The molecule has 2 heterocycles. The fourth-order valence-electron chi connectivity index (χ4n) is 3.40. The smallest absolute Gasteiger partial charge is 0.277 e. The van der Waals surface area contributed by atoms with Crippen LogP contribution in [0, 0.1) is 0 Å². The molecule has 3 aromatic carbocycles. The molecule has 0 aliphatic heterocycles. The van der Waals surface area contributed by atoms with E-state index in [4.69, 9.17) is 4.42 Å². The van der Waals surface area contributed by atoms with Gasteiger partial charge >= 0.3 is 0 Å². The minimum Gasteiger partial charge on any atom is -0.411 e. The third-order valence-electron chi connectivity index (χ3n) is 4.84. The molecule has 2 N–H and O–H groups in total. The molecule has 0 saturated heterocycles. The molecule has 2 aromatic heterocycles. The van der Waals surface area contributed by atoms with Crippen LogP contribution in [-0.4, -0.2) is 26.8 Å². The molecule has 31 heavy (non-hydrogen) atoms. The largest absolute Gasteiger partial charge is 0.411 e. The van der Waals surface area contributed by atoms with E-state index in [0.717, 1.165) is 33.3 Å². The first-order chi connectivity index (χ1) is 15.3. The van der Waals surface area contributed by atoms with Crippen LogP contribution in [0.5, 0.6) is 0 Å². The number of benzene rings is 3. The predicted octanol–water partition coefficient (Wildman–Crippen LogP) is 5.62. The number of H-pyrrole nitrogens is 1. The van der Waals surface area contributed by atoms with Crippen LogP contribution in [-0.2, 0) is 4.79 Å². The van der Waals surface area contributed by atoms with Gasteiger partial charge in [0.1, 0.15) is 0 Å². The van der Waals surface area contributed by atoms with Crippen LogP contribution < -0.4 is 5.32 Å². The highest BCUT2D eigenvalue weighted by atomic mass is 32.2. The molecule has 0 aliphatic carbocycles. The molecule has 0 saturated carbocycles. The molecule has 0 fully saturated rings. The first-order valence-corrected chi connectivity index (χ1v) is 10.7. The van der Waals surface area contributed by atoms with Crippen LogP contribution in [0.1, 0.15) is 0 Å². The molecule has 0 bridgehead atoms. The van der Waals surface area contributed by atoms with Crippen molar-refractivity contribution in [3.8, 4) is 22.6 Å². The summed E-state index contributed by atoms with van der Waals surface area (Å²) in [5, 5.41) is 12.6. The zero-order valence-electron chi connectivity index (χ0n) is 16.4. The average molecular weight is 427 g/mol. The molecule has 1 amide bonds. The number of aromatic amines is 1. The molecule has 0 atom stereocenters. The van der Waals surface area contributed by atoms with E-state index in [9.17, 15) is 4.79 Å².